The number of pyridine rings is 1. The van der Waals surface area contributed by atoms with Gasteiger partial charge in [0, 0.05) is 72.1 Å². The fourth-order valence-electron chi connectivity index (χ4n) is 11.4. The van der Waals surface area contributed by atoms with Gasteiger partial charge in [-0.15, -0.1) is 0 Å². The lowest BCUT2D eigenvalue weighted by molar-refractivity contribution is 0.671. The van der Waals surface area contributed by atoms with E-state index in [9.17, 15) is 0 Å². The second-order valence-corrected chi connectivity index (χ2v) is 18.3. The lowest BCUT2D eigenvalue weighted by Crippen LogP contribution is -1.95. The predicted octanol–water partition coefficient (Wildman–Crippen LogP) is 17.3. The number of para-hydroxylation sites is 4. The monoisotopic (exact) mass is 892 g/mol. The molecule has 326 valence electrons. The summed E-state index contributed by atoms with van der Waals surface area (Å²) >= 11 is 0. The van der Waals surface area contributed by atoms with Crippen LogP contribution in [0.5, 0.6) is 0 Å². The predicted molar refractivity (Wildman–Crippen MR) is 291 cm³/mol. The Bertz CT molecular complexity index is 4520. The topological polar surface area (TPSA) is 40.8 Å². The van der Waals surface area contributed by atoms with E-state index >= 15 is 0 Å². The van der Waals surface area contributed by atoms with Crippen molar-refractivity contribution in [2.75, 3.05) is 0 Å². The molecule has 0 fully saturated rings. The highest BCUT2D eigenvalue weighted by Crippen LogP contribution is 2.46. The van der Waals surface area contributed by atoms with Gasteiger partial charge in [0.1, 0.15) is 11.2 Å². The number of hydrogen-bond acceptors (Lipinski definition) is 2. The smallest absolute Gasteiger partial charge is 0.143 e. The summed E-state index contributed by atoms with van der Waals surface area (Å²) in [6, 6.07) is 85.4. The molecule has 70 heavy (non-hydrogen) atoms. The first-order chi connectivity index (χ1) is 34.7. The lowest BCUT2D eigenvalue weighted by atomic mass is 9.94. The molecule has 10 aromatic carbocycles. The van der Waals surface area contributed by atoms with Gasteiger partial charge in [-0.05, 0) is 119 Å². The van der Waals surface area contributed by atoms with Crippen molar-refractivity contribution in [1.82, 2.24) is 18.7 Å². The number of benzene rings is 10. The number of fused-ring (bicyclic) bond motifs is 12. The molecule has 15 rings (SSSR count). The average molecular weight is 893 g/mol. The first kappa shape index (κ1) is 38.6. The third-order valence-electron chi connectivity index (χ3n) is 14.4. The average Bonchev–Trinajstić information content (AvgIpc) is 4.17. The maximum atomic E-state index is 7.21. The van der Waals surface area contributed by atoms with E-state index in [4.69, 9.17) is 9.40 Å². The third-order valence-corrected chi connectivity index (χ3v) is 14.4. The Morgan fingerprint density at radius 1 is 0.271 bits per heavy atom. The van der Waals surface area contributed by atoms with Gasteiger partial charge >= 0.3 is 0 Å². The quantitative estimate of drug-likeness (QED) is 0.167. The molecular weight excluding hydrogens is 853 g/mol. The van der Waals surface area contributed by atoms with E-state index in [0.29, 0.717) is 0 Å². The van der Waals surface area contributed by atoms with Crippen LogP contribution in [0, 0.1) is 0 Å². The van der Waals surface area contributed by atoms with E-state index < -0.39 is 0 Å². The van der Waals surface area contributed by atoms with E-state index in [-0.39, 0.29) is 0 Å². The Kier molecular flexibility index (Phi) is 8.29. The minimum atomic E-state index is 0.873. The van der Waals surface area contributed by atoms with Crippen LogP contribution in [0.4, 0.5) is 0 Å². The number of hydrogen-bond donors (Lipinski definition) is 0. The van der Waals surface area contributed by atoms with Crippen molar-refractivity contribution < 1.29 is 4.42 Å². The summed E-state index contributed by atoms with van der Waals surface area (Å²) in [7, 11) is 0. The van der Waals surface area contributed by atoms with E-state index in [1.807, 2.05) is 12.3 Å². The number of nitrogens with zero attached hydrogens (tertiary/aromatic N) is 4. The highest BCUT2D eigenvalue weighted by atomic mass is 16.3. The van der Waals surface area contributed by atoms with Crippen LogP contribution in [0.3, 0.4) is 0 Å². The van der Waals surface area contributed by atoms with Crippen LogP contribution in [0.25, 0.3) is 138 Å². The summed E-state index contributed by atoms with van der Waals surface area (Å²) in [6.07, 6.45) is 1.89. The molecule has 0 aliphatic carbocycles. The molecule has 5 heterocycles. The second-order valence-electron chi connectivity index (χ2n) is 18.3. The second kappa shape index (κ2) is 15.0. The Balaban J connectivity index is 0.967. The molecule has 0 spiro atoms. The van der Waals surface area contributed by atoms with Crippen LogP contribution in [0.15, 0.2) is 247 Å². The van der Waals surface area contributed by atoms with Crippen molar-refractivity contribution >= 4 is 87.5 Å². The fraction of sp³-hybridized carbons (Fsp3) is 0. The van der Waals surface area contributed by atoms with Crippen LogP contribution in [-0.2, 0) is 0 Å². The van der Waals surface area contributed by atoms with E-state index in [0.717, 1.165) is 105 Å². The molecule has 0 N–H and O–H groups in total. The number of rotatable bonds is 6. The van der Waals surface area contributed by atoms with Crippen molar-refractivity contribution in [3.05, 3.63) is 243 Å². The van der Waals surface area contributed by atoms with Crippen LogP contribution >= 0.6 is 0 Å². The van der Waals surface area contributed by atoms with Crippen molar-refractivity contribution in [2.45, 2.75) is 0 Å². The van der Waals surface area contributed by atoms with Gasteiger partial charge in [-0.1, -0.05) is 140 Å². The molecular formula is C65H40N4O. The van der Waals surface area contributed by atoms with Gasteiger partial charge in [-0.3, -0.25) is 4.98 Å². The van der Waals surface area contributed by atoms with Gasteiger partial charge in [0.25, 0.3) is 0 Å². The Labute approximate surface area is 401 Å². The molecule has 0 aliphatic rings. The highest BCUT2D eigenvalue weighted by molar-refractivity contribution is 6.17. The summed E-state index contributed by atoms with van der Waals surface area (Å²) < 4.78 is 14.3. The van der Waals surface area contributed by atoms with Gasteiger partial charge < -0.3 is 18.1 Å². The molecule has 0 saturated heterocycles. The minimum absolute atomic E-state index is 0.873. The van der Waals surface area contributed by atoms with Crippen molar-refractivity contribution in [3.8, 4) is 50.4 Å². The molecule has 0 amide bonds. The largest absolute Gasteiger partial charge is 0.455 e. The van der Waals surface area contributed by atoms with Crippen LogP contribution in [-0.4, -0.2) is 18.7 Å². The van der Waals surface area contributed by atoms with Crippen LogP contribution in [0.2, 0.25) is 0 Å². The van der Waals surface area contributed by atoms with Crippen molar-refractivity contribution in [2.24, 2.45) is 0 Å². The van der Waals surface area contributed by atoms with Crippen molar-refractivity contribution in [3.63, 3.8) is 0 Å². The maximum Gasteiger partial charge on any atom is 0.143 e. The van der Waals surface area contributed by atoms with E-state index in [1.54, 1.807) is 0 Å². The molecule has 0 saturated carbocycles. The zero-order valence-corrected chi connectivity index (χ0v) is 37.8. The Morgan fingerprint density at radius 3 is 1.41 bits per heavy atom. The SMILES string of the molecule is c1ccc(-c2cc(-c3ccc4c(c3)c3ccccc3n4-c3ccc4c(c3)c3ncccc3n4-c3ccccc3)cc3c2oc2c(-c4ccccc4)cc(-n4c5ccccc5c5ccccc54)cc23)cc1. The summed E-state index contributed by atoms with van der Waals surface area (Å²) in [6.45, 7) is 0. The lowest BCUT2D eigenvalue weighted by Gasteiger charge is -2.12. The summed E-state index contributed by atoms with van der Waals surface area (Å²) in [4.78, 5) is 4.94. The van der Waals surface area contributed by atoms with Gasteiger partial charge in [0.15, 0.2) is 0 Å². The molecule has 0 radical (unpaired) electrons. The van der Waals surface area contributed by atoms with Gasteiger partial charge in [0.05, 0.1) is 38.6 Å². The van der Waals surface area contributed by atoms with Gasteiger partial charge in [-0.25, -0.2) is 0 Å². The van der Waals surface area contributed by atoms with E-state index in [2.05, 4.69) is 244 Å². The van der Waals surface area contributed by atoms with Gasteiger partial charge in [-0.2, -0.15) is 0 Å². The highest BCUT2D eigenvalue weighted by Gasteiger charge is 2.23. The Morgan fingerprint density at radius 2 is 0.743 bits per heavy atom. The van der Waals surface area contributed by atoms with E-state index in [1.165, 1.54) is 32.6 Å². The molecule has 0 atom stereocenters. The summed E-state index contributed by atoms with van der Waals surface area (Å²) in [5.74, 6) is 0. The number of furan rings is 1. The minimum Gasteiger partial charge on any atom is -0.455 e. The number of aromatic nitrogens is 4. The zero-order chi connectivity index (χ0) is 45.9. The molecule has 0 bridgehead atoms. The fourth-order valence-corrected chi connectivity index (χ4v) is 11.4. The molecule has 0 aliphatic heterocycles. The summed E-state index contributed by atoms with van der Waals surface area (Å²) in [5.41, 5.74) is 19.5. The normalized spacial score (nSPS) is 12.0. The van der Waals surface area contributed by atoms with Crippen LogP contribution in [0.1, 0.15) is 0 Å². The molecule has 5 nitrogen and oxygen atoms in total. The van der Waals surface area contributed by atoms with Crippen molar-refractivity contribution in [1.29, 1.82) is 0 Å². The first-order valence-corrected chi connectivity index (χ1v) is 23.9. The third kappa shape index (κ3) is 5.69. The van der Waals surface area contributed by atoms with Crippen LogP contribution < -0.4 is 0 Å². The maximum absolute atomic E-state index is 7.21. The standard InChI is InChI=1S/C65H40N4O/c1-4-17-41(18-5-1)51-36-44(37-54-55-40-47(39-52(65(55)70-64(51)54)42-19-6-2-7-20-42)69-57-26-13-10-23-48(57)49-24-11-14-27-58(49)69)43-30-32-60-53(35-43)50-25-12-15-28-59(50)68(60)46-31-33-61-56(38-46)63-62(29-16-34-66-63)67(61)45-21-8-3-9-22-45/h1-40H. The Hall–Kier alpha value is -9.45. The molecule has 5 heteroatoms. The zero-order valence-electron chi connectivity index (χ0n) is 37.8. The molecule has 0 unspecified atom stereocenters. The van der Waals surface area contributed by atoms with Gasteiger partial charge in [0.2, 0.25) is 0 Å². The first-order valence-electron chi connectivity index (χ1n) is 23.9. The molecule has 5 aromatic heterocycles. The summed E-state index contributed by atoms with van der Waals surface area (Å²) in [5, 5.41) is 8.12. The molecule has 15 aromatic rings.